The Hall–Kier alpha value is -2.08. The molecule has 2 heterocycles. The van der Waals surface area contributed by atoms with Crippen LogP contribution in [0, 0.1) is 28.5 Å². The van der Waals surface area contributed by atoms with E-state index < -0.39 is 11.5 Å². The fourth-order valence-corrected chi connectivity index (χ4v) is 6.68. The molecule has 5 heteroatoms. The SMILES string of the molecule is C[C@]1(CO)[C@H]2CC[C@@]3(CO3)[C@@H](/C=C/c3ccc(-c4cccc(F)c4)cn3)[C@]2(C)CC[C@H]1O. The first-order valence-corrected chi connectivity index (χ1v) is 11.6. The third-order valence-electron chi connectivity index (χ3n) is 8.70. The van der Waals surface area contributed by atoms with E-state index >= 15 is 0 Å². The van der Waals surface area contributed by atoms with E-state index in [0.29, 0.717) is 6.42 Å². The minimum Gasteiger partial charge on any atom is -0.396 e. The Bertz CT molecular complexity index is 1020. The molecule has 170 valence electrons. The highest BCUT2D eigenvalue weighted by Gasteiger charge is 2.66. The molecule has 0 amide bonds. The number of hydrogen-bond donors (Lipinski definition) is 2. The molecule has 32 heavy (non-hydrogen) atoms. The standard InChI is InChI=1S/C27H32FNO3/c1-25-12-11-24(31)26(2,16-30)22(25)10-13-27(17-32-27)23(25)9-8-21-7-6-19(15-29-21)18-4-3-5-20(28)14-18/h3-9,14-15,22-24,30-31H,10-13,16-17H2,1-2H3/b9-8+/t22-,23-,24+,25+,26-,27+/m0/s1. The third kappa shape index (κ3) is 3.42. The van der Waals surface area contributed by atoms with E-state index in [1.54, 1.807) is 12.3 Å². The lowest BCUT2D eigenvalue weighted by Crippen LogP contribution is -2.60. The Morgan fingerprint density at radius 2 is 1.97 bits per heavy atom. The molecule has 0 unspecified atom stereocenters. The zero-order valence-electron chi connectivity index (χ0n) is 18.8. The fourth-order valence-electron chi connectivity index (χ4n) is 6.68. The first kappa shape index (κ1) is 21.7. The summed E-state index contributed by atoms with van der Waals surface area (Å²) < 4.78 is 19.6. The van der Waals surface area contributed by atoms with Crippen LogP contribution < -0.4 is 0 Å². The quantitative estimate of drug-likeness (QED) is 0.671. The van der Waals surface area contributed by atoms with Crippen molar-refractivity contribution < 1.29 is 19.3 Å². The van der Waals surface area contributed by atoms with Crippen LogP contribution in [0.5, 0.6) is 0 Å². The van der Waals surface area contributed by atoms with Gasteiger partial charge in [0.05, 0.1) is 30.6 Å². The molecular formula is C27H32FNO3. The van der Waals surface area contributed by atoms with Crippen LogP contribution in [0.25, 0.3) is 17.2 Å². The third-order valence-corrected chi connectivity index (χ3v) is 8.70. The van der Waals surface area contributed by atoms with Crippen molar-refractivity contribution in [2.75, 3.05) is 13.2 Å². The van der Waals surface area contributed by atoms with E-state index in [2.05, 4.69) is 24.1 Å². The van der Waals surface area contributed by atoms with Gasteiger partial charge in [-0.15, -0.1) is 0 Å². The van der Waals surface area contributed by atoms with Gasteiger partial charge in [-0.05, 0) is 66.9 Å². The monoisotopic (exact) mass is 437 g/mol. The highest BCUT2D eigenvalue weighted by atomic mass is 19.1. The lowest BCUT2D eigenvalue weighted by molar-refractivity contribution is -0.166. The summed E-state index contributed by atoms with van der Waals surface area (Å²) in [6, 6.07) is 10.5. The molecule has 2 aliphatic carbocycles. The Morgan fingerprint density at radius 3 is 2.62 bits per heavy atom. The average Bonchev–Trinajstić information content (AvgIpc) is 3.56. The number of rotatable bonds is 4. The summed E-state index contributed by atoms with van der Waals surface area (Å²) in [7, 11) is 0. The summed E-state index contributed by atoms with van der Waals surface area (Å²) in [5, 5.41) is 20.9. The molecule has 0 bridgehead atoms. The zero-order chi connectivity index (χ0) is 22.6. The average molecular weight is 438 g/mol. The van der Waals surface area contributed by atoms with E-state index in [1.165, 1.54) is 12.1 Å². The molecule has 3 fully saturated rings. The number of aromatic nitrogens is 1. The van der Waals surface area contributed by atoms with Gasteiger partial charge in [-0.3, -0.25) is 4.98 Å². The second-order valence-corrected chi connectivity index (χ2v) is 10.5. The summed E-state index contributed by atoms with van der Waals surface area (Å²) >= 11 is 0. The highest BCUT2D eigenvalue weighted by Crippen LogP contribution is 2.65. The molecule has 1 aliphatic heterocycles. The van der Waals surface area contributed by atoms with E-state index in [9.17, 15) is 14.6 Å². The van der Waals surface area contributed by atoms with Gasteiger partial charge in [0.2, 0.25) is 0 Å². The number of pyridine rings is 1. The molecule has 1 saturated heterocycles. The largest absolute Gasteiger partial charge is 0.396 e. The smallest absolute Gasteiger partial charge is 0.123 e. The summed E-state index contributed by atoms with van der Waals surface area (Å²) in [5.74, 6) is 0.183. The van der Waals surface area contributed by atoms with Crippen LogP contribution in [0.3, 0.4) is 0 Å². The maximum atomic E-state index is 13.5. The lowest BCUT2D eigenvalue weighted by atomic mass is 9.45. The maximum Gasteiger partial charge on any atom is 0.123 e. The molecule has 1 aromatic heterocycles. The number of aliphatic hydroxyl groups is 2. The number of aliphatic hydroxyl groups excluding tert-OH is 2. The van der Waals surface area contributed by atoms with Crippen molar-refractivity contribution in [2.45, 2.75) is 51.2 Å². The maximum absolute atomic E-state index is 13.5. The molecule has 2 saturated carbocycles. The van der Waals surface area contributed by atoms with Gasteiger partial charge in [0.25, 0.3) is 0 Å². The summed E-state index contributed by atoms with van der Waals surface area (Å²) in [4.78, 5) is 4.59. The summed E-state index contributed by atoms with van der Waals surface area (Å²) in [6.45, 7) is 5.13. The lowest BCUT2D eigenvalue weighted by Gasteiger charge is -2.60. The van der Waals surface area contributed by atoms with Crippen LogP contribution in [0.4, 0.5) is 4.39 Å². The fraction of sp³-hybridized carbons (Fsp3) is 0.519. The van der Waals surface area contributed by atoms with E-state index in [1.807, 2.05) is 25.1 Å². The van der Waals surface area contributed by atoms with Gasteiger partial charge in [-0.1, -0.05) is 38.1 Å². The Labute approximate surface area is 189 Å². The number of ether oxygens (including phenoxy) is 1. The van der Waals surface area contributed by atoms with Gasteiger partial charge in [-0.25, -0.2) is 4.39 Å². The Morgan fingerprint density at radius 1 is 1.16 bits per heavy atom. The van der Waals surface area contributed by atoms with Gasteiger partial charge in [0.1, 0.15) is 5.82 Å². The van der Waals surface area contributed by atoms with Crippen LogP contribution >= 0.6 is 0 Å². The molecular weight excluding hydrogens is 405 g/mol. The van der Waals surface area contributed by atoms with Crippen LogP contribution in [0.15, 0.2) is 48.7 Å². The van der Waals surface area contributed by atoms with Gasteiger partial charge >= 0.3 is 0 Å². The molecule has 0 radical (unpaired) electrons. The molecule has 2 N–H and O–H groups in total. The second-order valence-electron chi connectivity index (χ2n) is 10.5. The van der Waals surface area contributed by atoms with Gasteiger partial charge in [0, 0.05) is 23.1 Å². The van der Waals surface area contributed by atoms with E-state index in [-0.39, 0.29) is 35.3 Å². The van der Waals surface area contributed by atoms with Crippen molar-refractivity contribution in [3.05, 3.63) is 60.2 Å². The molecule has 2 aromatic rings. The van der Waals surface area contributed by atoms with Crippen molar-refractivity contribution in [3.63, 3.8) is 0 Å². The molecule has 1 aromatic carbocycles. The second kappa shape index (κ2) is 7.75. The first-order valence-electron chi connectivity index (χ1n) is 11.6. The van der Waals surface area contributed by atoms with E-state index in [4.69, 9.17) is 4.74 Å². The predicted octanol–water partition coefficient (Wildman–Crippen LogP) is 4.86. The van der Waals surface area contributed by atoms with Crippen molar-refractivity contribution >= 4 is 6.08 Å². The zero-order valence-corrected chi connectivity index (χ0v) is 18.8. The number of nitrogens with zero attached hydrogens (tertiary/aromatic N) is 1. The Kier molecular flexibility index (Phi) is 5.27. The normalized spacial score (nSPS) is 38.7. The first-order chi connectivity index (χ1) is 15.3. The molecule has 3 aliphatic rings. The molecule has 1 spiro atoms. The minimum atomic E-state index is -0.486. The number of benzene rings is 1. The molecule has 4 nitrogen and oxygen atoms in total. The number of fused-ring (bicyclic) bond motifs is 1. The van der Waals surface area contributed by atoms with Crippen LogP contribution in [-0.2, 0) is 4.74 Å². The van der Waals surface area contributed by atoms with Crippen LogP contribution in [0.1, 0.15) is 45.2 Å². The van der Waals surface area contributed by atoms with Crippen LogP contribution in [-0.4, -0.2) is 40.1 Å². The summed E-state index contributed by atoms with van der Waals surface area (Å²) in [5.41, 5.74) is 1.89. The van der Waals surface area contributed by atoms with Crippen molar-refractivity contribution in [3.8, 4) is 11.1 Å². The highest BCUT2D eigenvalue weighted by molar-refractivity contribution is 5.63. The van der Waals surface area contributed by atoms with Gasteiger partial charge < -0.3 is 14.9 Å². The van der Waals surface area contributed by atoms with E-state index in [0.717, 1.165) is 42.7 Å². The van der Waals surface area contributed by atoms with Gasteiger partial charge in [0.15, 0.2) is 0 Å². The molecule has 6 atom stereocenters. The van der Waals surface area contributed by atoms with Crippen molar-refractivity contribution in [1.29, 1.82) is 0 Å². The number of halogens is 1. The topological polar surface area (TPSA) is 65.9 Å². The Balaban J connectivity index is 1.42. The minimum absolute atomic E-state index is 0.00180. The number of epoxide rings is 1. The predicted molar refractivity (Wildman–Crippen MR) is 122 cm³/mol. The molecule has 5 rings (SSSR count). The summed E-state index contributed by atoms with van der Waals surface area (Å²) in [6.07, 6.45) is 9.17. The van der Waals surface area contributed by atoms with Crippen LogP contribution in [0.2, 0.25) is 0 Å². The number of hydrogen-bond acceptors (Lipinski definition) is 4. The van der Waals surface area contributed by atoms with Gasteiger partial charge in [-0.2, -0.15) is 0 Å². The van der Waals surface area contributed by atoms with Crippen molar-refractivity contribution in [2.24, 2.45) is 22.7 Å². The van der Waals surface area contributed by atoms with Crippen molar-refractivity contribution in [1.82, 2.24) is 4.98 Å².